The van der Waals surface area contributed by atoms with Gasteiger partial charge in [-0.1, -0.05) is 46.5 Å². The molecule has 0 saturated heterocycles. The van der Waals surface area contributed by atoms with Gasteiger partial charge in [-0.15, -0.1) is 0 Å². The molecule has 0 radical (unpaired) electrons. The van der Waals surface area contributed by atoms with E-state index in [0.717, 1.165) is 38.5 Å². The lowest BCUT2D eigenvalue weighted by Crippen LogP contribution is -2.47. The number of hydrogen-bond acceptors (Lipinski definition) is 3. The van der Waals surface area contributed by atoms with Crippen LogP contribution < -0.4 is 0 Å². The summed E-state index contributed by atoms with van der Waals surface area (Å²) in [7, 11) is -3.03. The van der Waals surface area contributed by atoms with E-state index in [2.05, 4.69) is 20.8 Å². The molecule has 0 aromatic rings. The second-order valence-corrected chi connectivity index (χ2v) is 6.03. The van der Waals surface area contributed by atoms with Gasteiger partial charge < -0.3 is 14.3 Å². The first-order valence-corrected chi connectivity index (χ1v) is 8.88. The van der Waals surface area contributed by atoms with Crippen molar-refractivity contribution in [1.82, 2.24) is 0 Å². The number of unbranched alkanes of at least 4 members (excludes halogenated alkanes) is 3. The Labute approximate surface area is 119 Å². The standard InChI is InChI=1S/C14H30O4Si/c1-4-7-10-13(15)14(11-8-5-2,12-9-6-3)18-19(16)17/h13,15-16H,4-12H2,1-3H3. The second-order valence-electron chi connectivity index (χ2n) is 5.30. The highest BCUT2D eigenvalue weighted by atomic mass is 28.3. The van der Waals surface area contributed by atoms with Gasteiger partial charge >= 0.3 is 9.17 Å². The van der Waals surface area contributed by atoms with Gasteiger partial charge in [0.15, 0.2) is 0 Å². The Balaban J connectivity index is 4.89. The zero-order chi connectivity index (χ0) is 14.7. The average molecular weight is 290 g/mol. The zero-order valence-electron chi connectivity index (χ0n) is 12.7. The normalized spacial score (nSPS) is 13.3. The summed E-state index contributed by atoms with van der Waals surface area (Å²) in [6.07, 6.45) is 7.01. The van der Waals surface area contributed by atoms with Crippen molar-refractivity contribution in [3.05, 3.63) is 0 Å². The first-order valence-electron chi connectivity index (χ1n) is 7.62. The van der Waals surface area contributed by atoms with Crippen molar-refractivity contribution in [1.29, 1.82) is 0 Å². The maximum atomic E-state index is 11.2. The second kappa shape index (κ2) is 10.4. The summed E-state index contributed by atoms with van der Waals surface area (Å²) in [5.74, 6) is 0. The van der Waals surface area contributed by atoms with Gasteiger partial charge in [0.25, 0.3) is 0 Å². The van der Waals surface area contributed by atoms with Crippen molar-refractivity contribution in [2.24, 2.45) is 0 Å². The molecule has 0 spiro atoms. The quantitative estimate of drug-likeness (QED) is 0.542. The molecule has 0 aliphatic rings. The Bertz CT molecular complexity index is 238. The van der Waals surface area contributed by atoms with E-state index in [4.69, 9.17) is 4.43 Å². The van der Waals surface area contributed by atoms with E-state index >= 15 is 0 Å². The van der Waals surface area contributed by atoms with Crippen LogP contribution in [0.5, 0.6) is 0 Å². The third-order valence-electron chi connectivity index (χ3n) is 3.64. The molecule has 4 nitrogen and oxygen atoms in total. The van der Waals surface area contributed by atoms with Crippen LogP contribution in [0, 0.1) is 0 Å². The Kier molecular flexibility index (Phi) is 10.1. The van der Waals surface area contributed by atoms with Gasteiger partial charge in [-0.3, -0.25) is 4.46 Å². The molecule has 0 aliphatic heterocycles. The lowest BCUT2D eigenvalue weighted by Gasteiger charge is -2.37. The van der Waals surface area contributed by atoms with Crippen molar-refractivity contribution < 1.29 is 18.8 Å². The number of aliphatic hydroxyl groups is 1. The molecule has 114 valence electrons. The van der Waals surface area contributed by atoms with Crippen LogP contribution in [-0.4, -0.2) is 30.8 Å². The molecule has 0 amide bonds. The molecule has 5 heteroatoms. The highest BCUT2D eigenvalue weighted by molar-refractivity contribution is 6.24. The van der Waals surface area contributed by atoms with Crippen LogP contribution in [0.2, 0.25) is 0 Å². The minimum absolute atomic E-state index is 0.638. The molecular formula is C14H30O4Si. The summed E-state index contributed by atoms with van der Waals surface area (Å²) in [4.78, 5) is 9.17. The van der Waals surface area contributed by atoms with Crippen molar-refractivity contribution >= 4 is 9.17 Å². The van der Waals surface area contributed by atoms with Gasteiger partial charge in [0, 0.05) is 0 Å². The Morgan fingerprint density at radius 3 is 1.89 bits per heavy atom. The molecule has 0 saturated carbocycles. The number of aliphatic hydroxyl groups excluding tert-OH is 1. The smallest absolute Gasteiger partial charge is 0.511 e. The average Bonchev–Trinajstić information content (AvgIpc) is 2.38. The number of hydrogen-bond donors (Lipinski definition) is 2. The highest BCUT2D eigenvalue weighted by Crippen LogP contribution is 2.32. The van der Waals surface area contributed by atoms with E-state index in [1.54, 1.807) is 0 Å². The molecule has 0 heterocycles. The predicted octanol–water partition coefficient (Wildman–Crippen LogP) is 3.08. The molecular weight excluding hydrogens is 260 g/mol. The van der Waals surface area contributed by atoms with Crippen LogP contribution in [0.25, 0.3) is 0 Å². The van der Waals surface area contributed by atoms with Crippen LogP contribution in [0.4, 0.5) is 0 Å². The molecule has 1 atom stereocenters. The fourth-order valence-electron chi connectivity index (χ4n) is 2.41. The maximum Gasteiger partial charge on any atom is 0.765 e. The lowest BCUT2D eigenvalue weighted by molar-refractivity contribution is -0.0866. The summed E-state index contributed by atoms with van der Waals surface area (Å²) in [5, 5.41) is 10.4. The summed E-state index contributed by atoms with van der Waals surface area (Å²) in [6.45, 7) is 6.22. The molecule has 0 aromatic carbocycles. The molecule has 0 aromatic heterocycles. The Hall–Kier alpha value is -0.423. The molecule has 0 bridgehead atoms. The van der Waals surface area contributed by atoms with Gasteiger partial charge in [0.1, 0.15) is 5.60 Å². The van der Waals surface area contributed by atoms with Crippen molar-refractivity contribution in [3.63, 3.8) is 0 Å². The monoisotopic (exact) mass is 290 g/mol. The van der Waals surface area contributed by atoms with Gasteiger partial charge in [0.05, 0.1) is 6.10 Å². The minimum atomic E-state index is -3.03. The van der Waals surface area contributed by atoms with Crippen LogP contribution in [0.3, 0.4) is 0 Å². The first-order chi connectivity index (χ1) is 9.02. The first kappa shape index (κ1) is 18.6. The molecule has 0 fully saturated rings. The van der Waals surface area contributed by atoms with Crippen molar-refractivity contribution in [2.45, 2.75) is 90.3 Å². The topological polar surface area (TPSA) is 66.8 Å². The van der Waals surface area contributed by atoms with E-state index in [-0.39, 0.29) is 0 Å². The van der Waals surface area contributed by atoms with Gasteiger partial charge in [-0.25, -0.2) is 0 Å². The van der Waals surface area contributed by atoms with Gasteiger partial charge in [-0.2, -0.15) is 0 Å². The van der Waals surface area contributed by atoms with E-state index < -0.39 is 20.9 Å². The summed E-state index contributed by atoms with van der Waals surface area (Å²) >= 11 is 0. The van der Waals surface area contributed by atoms with Crippen molar-refractivity contribution in [3.8, 4) is 0 Å². The van der Waals surface area contributed by atoms with Crippen LogP contribution in [-0.2, 0) is 8.89 Å². The van der Waals surface area contributed by atoms with Crippen LogP contribution in [0.15, 0.2) is 0 Å². The van der Waals surface area contributed by atoms with Crippen molar-refractivity contribution in [2.75, 3.05) is 0 Å². The molecule has 0 rings (SSSR count). The summed E-state index contributed by atoms with van der Waals surface area (Å²) in [5.41, 5.74) is -0.827. The van der Waals surface area contributed by atoms with E-state index in [1.165, 1.54) is 0 Å². The van der Waals surface area contributed by atoms with Gasteiger partial charge in [0.2, 0.25) is 0 Å². The predicted molar refractivity (Wildman–Crippen MR) is 77.1 cm³/mol. The Morgan fingerprint density at radius 2 is 1.53 bits per heavy atom. The Morgan fingerprint density at radius 1 is 1.05 bits per heavy atom. The molecule has 0 aliphatic carbocycles. The van der Waals surface area contributed by atoms with E-state index in [0.29, 0.717) is 19.3 Å². The lowest BCUT2D eigenvalue weighted by atomic mass is 9.83. The largest absolute Gasteiger partial charge is 0.765 e. The maximum absolute atomic E-state index is 11.2. The molecule has 1 unspecified atom stereocenters. The molecule has 19 heavy (non-hydrogen) atoms. The highest BCUT2D eigenvalue weighted by Gasteiger charge is 2.40. The van der Waals surface area contributed by atoms with E-state index in [9.17, 15) is 14.4 Å². The minimum Gasteiger partial charge on any atom is -0.511 e. The van der Waals surface area contributed by atoms with E-state index in [1.807, 2.05) is 0 Å². The SMILES string of the molecule is CCCCC(O)C(CCCC)(CCCC)O[Si](=O)O. The van der Waals surface area contributed by atoms with Crippen LogP contribution >= 0.6 is 0 Å². The number of rotatable bonds is 12. The fourth-order valence-corrected chi connectivity index (χ4v) is 3.10. The summed E-state index contributed by atoms with van der Waals surface area (Å²) < 4.78 is 16.5. The van der Waals surface area contributed by atoms with Gasteiger partial charge in [-0.05, 0) is 32.1 Å². The molecule has 2 N–H and O–H groups in total. The third-order valence-corrected chi connectivity index (χ3v) is 4.22. The third kappa shape index (κ3) is 7.06. The fraction of sp³-hybridized carbons (Fsp3) is 1.00. The van der Waals surface area contributed by atoms with Crippen LogP contribution in [0.1, 0.15) is 78.6 Å². The summed E-state index contributed by atoms with van der Waals surface area (Å²) in [6, 6.07) is 0. The zero-order valence-corrected chi connectivity index (χ0v) is 13.7.